The van der Waals surface area contributed by atoms with E-state index in [1.807, 2.05) is 0 Å². The van der Waals surface area contributed by atoms with Crippen LogP contribution in [0.2, 0.25) is 0 Å². The SMILES string of the molecule is CCCCCCCCCCN1CCC2CCC(C1)N2. The molecule has 112 valence electrons. The van der Waals surface area contributed by atoms with Gasteiger partial charge in [0.2, 0.25) is 0 Å². The predicted molar refractivity (Wildman–Crippen MR) is 83.6 cm³/mol. The van der Waals surface area contributed by atoms with Gasteiger partial charge in [0.25, 0.3) is 0 Å². The normalized spacial score (nSPS) is 27.6. The quantitative estimate of drug-likeness (QED) is 0.636. The predicted octanol–water partition coefficient (Wildman–Crippen LogP) is 3.95. The Hall–Kier alpha value is -0.0800. The van der Waals surface area contributed by atoms with E-state index in [9.17, 15) is 0 Å². The highest BCUT2D eigenvalue weighted by molar-refractivity contribution is 4.89. The Kier molecular flexibility index (Phi) is 7.23. The first-order valence-electron chi connectivity index (χ1n) is 8.87. The lowest BCUT2D eigenvalue weighted by atomic mass is 10.1. The lowest BCUT2D eigenvalue weighted by Crippen LogP contribution is -2.35. The van der Waals surface area contributed by atoms with E-state index in [0.717, 1.165) is 12.1 Å². The van der Waals surface area contributed by atoms with Crippen LogP contribution in [0.25, 0.3) is 0 Å². The maximum absolute atomic E-state index is 3.77. The van der Waals surface area contributed by atoms with E-state index in [-0.39, 0.29) is 0 Å². The number of hydrogen-bond donors (Lipinski definition) is 1. The zero-order chi connectivity index (χ0) is 13.3. The summed E-state index contributed by atoms with van der Waals surface area (Å²) in [6.07, 6.45) is 15.7. The number of nitrogens with zero attached hydrogens (tertiary/aromatic N) is 1. The Labute approximate surface area is 120 Å². The molecule has 2 atom stereocenters. The van der Waals surface area contributed by atoms with Crippen LogP contribution in [0.3, 0.4) is 0 Å². The summed E-state index contributed by atoms with van der Waals surface area (Å²) in [6, 6.07) is 1.65. The van der Waals surface area contributed by atoms with Crippen LogP contribution in [0.5, 0.6) is 0 Å². The third-order valence-corrected chi connectivity index (χ3v) is 4.94. The monoisotopic (exact) mass is 266 g/mol. The van der Waals surface area contributed by atoms with E-state index >= 15 is 0 Å². The topological polar surface area (TPSA) is 15.3 Å². The van der Waals surface area contributed by atoms with Crippen LogP contribution in [-0.4, -0.2) is 36.6 Å². The van der Waals surface area contributed by atoms with Gasteiger partial charge < -0.3 is 10.2 Å². The highest BCUT2D eigenvalue weighted by Crippen LogP contribution is 2.20. The van der Waals surface area contributed by atoms with E-state index in [1.165, 1.54) is 90.3 Å². The molecule has 2 rings (SSSR count). The number of hydrogen-bond acceptors (Lipinski definition) is 2. The fourth-order valence-electron chi connectivity index (χ4n) is 3.69. The highest BCUT2D eigenvalue weighted by atomic mass is 15.2. The van der Waals surface area contributed by atoms with Crippen LogP contribution in [0.1, 0.15) is 77.6 Å². The second-order valence-electron chi connectivity index (χ2n) is 6.70. The molecule has 0 aromatic heterocycles. The summed E-state index contributed by atoms with van der Waals surface area (Å²) in [7, 11) is 0. The van der Waals surface area contributed by atoms with Gasteiger partial charge in [-0.2, -0.15) is 0 Å². The molecule has 0 aromatic carbocycles. The van der Waals surface area contributed by atoms with Crippen molar-refractivity contribution in [1.82, 2.24) is 10.2 Å². The standard InChI is InChI=1S/C17H34N2/c1-2-3-4-5-6-7-8-9-13-19-14-12-16-10-11-17(15-19)18-16/h16-18H,2-15H2,1H3. The van der Waals surface area contributed by atoms with Gasteiger partial charge in [0, 0.05) is 18.6 Å². The summed E-state index contributed by atoms with van der Waals surface area (Å²) in [5, 5.41) is 3.77. The van der Waals surface area contributed by atoms with E-state index in [4.69, 9.17) is 0 Å². The molecule has 2 bridgehead atoms. The van der Waals surface area contributed by atoms with Gasteiger partial charge in [0.1, 0.15) is 0 Å². The van der Waals surface area contributed by atoms with Crippen molar-refractivity contribution in [3.05, 3.63) is 0 Å². The average Bonchev–Trinajstić information content (AvgIpc) is 2.75. The Morgan fingerprint density at radius 2 is 1.53 bits per heavy atom. The number of likely N-dealkylation sites (tertiary alicyclic amines) is 1. The summed E-state index contributed by atoms with van der Waals surface area (Å²) in [4.78, 5) is 2.72. The lowest BCUT2D eigenvalue weighted by molar-refractivity contribution is 0.253. The second-order valence-corrected chi connectivity index (χ2v) is 6.70. The fraction of sp³-hybridized carbons (Fsp3) is 1.00. The molecule has 2 heterocycles. The summed E-state index contributed by atoms with van der Waals surface area (Å²) >= 11 is 0. The maximum Gasteiger partial charge on any atom is 0.0198 e. The van der Waals surface area contributed by atoms with Crippen LogP contribution in [-0.2, 0) is 0 Å². The average molecular weight is 266 g/mol. The smallest absolute Gasteiger partial charge is 0.0198 e. The number of rotatable bonds is 9. The molecule has 1 N–H and O–H groups in total. The fourth-order valence-corrected chi connectivity index (χ4v) is 3.69. The van der Waals surface area contributed by atoms with Crippen molar-refractivity contribution >= 4 is 0 Å². The first kappa shape index (κ1) is 15.3. The van der Waals surface area contributed by atoms with Gasteiger partial charge in [-0.15, -0.1) is 0 Å². The number of nitrogens with one attached hydrogen (secondary N) is 1. The molecule has 19 heavy (non-hydrogen) atoms. The van der Waals surface area contributed by atoms with Gasteiger partial charge >= 0.3 is 0 Å². The molecule has 2 unspecified atom stereocenters. The molecule has 0 amide bonds. The summed E-state index contributed by atoms with van der Waals surface area (Å²) < 4.78 is 0. The van der Waals surface area contributed by atoms with Gasteiger partial charge in [0.15, 0.2) is 0 Å². The molecule has 0 aromatic rings. The maximum atomic E-state index is 3.77. The van der Waals surface area contributed by atoms with Crippen molar-refractivity contribution in [2.24, 2.45) is 0 Å². The lowest BCUT2D eigenvalue weighted by Gasteiger charge is -2.23. The Morgan fingerprint density at radius 3 is 2.32 bits per heavy atom. The first-order valence-corrected chi connectivity index (χ1v) is 8.87. The van der Waals surface area contributed by atoms with Crippen molar-refractivity contribution in [3.63, 3.8) is 0 Å². The van der Waals surface area contributed by atoms with Crippen molar-refractivity contribution in [1.29, 1.82) is 0 Å². The molecule has 2 heteroatoms. The molecule has 2 nitrogen and oxygen atoms in total. The van der Waals surface area contributed by atoms with Crippen LogP contribution in [0.4, 0.5) is 0 Å². The molecular formula is C17H34N2. The van der Waals surface area contributed by atoms with Gasteiger partial charge in [-0.05, 0) is 38.8 Å². The number of fused-ring (bicyclic) bond motifs is 2. The van der Waals surface area contributed by atoms with Gasteiger partial charge in [-0.3, -0.25) is 0 Å². The van der Waals surface area contributed by atoms with Gasteiger partial charge in [0.05, 0.1) is 0 Å². The molecule has 0 aliphatic carbocycles. The van der Waals surface area contributed by atoms with Crippen LogP contribution in [0, 0.1) is 0 Å². The molecule has 0 spiro atoms. The molecule has 2 fully saturated rings. The summed E-state index contributed by atoms with van der Waals surface area (Å²) in [5.74, 6) is 0. The largest absolute Gasteiger partial charge is 0.310 e. The molecule has 0 radical (unpaired) electrons. The van der Waals surface area contributed by atoms with Crippen LogP contribution in [0.15, 0.2) is 0 Å². The van der Waals surface area contributed by atoms with Crippen molar-refractivity contribution in [3.8, 4) is 0 Å². The molecule has 0 saturated carbocycles. The van der Waals surface area contributed by atoms with E-state index in [0.29, 0.717) is 0 Å². The Morgan fingerprint density at radius 1 is 0.842 bits per heavy atom. The first-order chi connectivity index (χ1) is 9.38. The Balaban J connectivity index is 1.45. The van der Waals surface area contributed by atoms with Crippen LogP contribution >= 0.6 is 0 Å². The number of unbranched alkanes of at least 4 members (excludes halogenated alkanes) is 7. The van der Waals surface area contributed by atoms with Gasteiger partial charge in [-0.1, -0.05) is 51.9 Å². The zero-order valence-corrected chi connectivity index (χ0v) is 13.0. The van der Waals surface area contributed by atoms with Gasteiger partial charge in [-0.25, -0.2) is 0 Å². The third-order valence-electron chi connectivity index (χ3n) is 4.94. The second kappa shape index (κ2) is 8.97. The minimum absolute atomic E-state index is 0.807. The summed E-state index contributed by atoms with van der Waals surface area (Å²) in [5.41, 5.74) is 0. The van der Waals surface area contributed by atoms with E-state index < -0.39 is 0 Å². The van der Waals surface area contributed by atoms with Crippen molar-refractivity contribution in [2.45, 2.75) is 89.6 Å². The minimum atomic E-state index is 0.807. The molecule has 2 saturated heterocycles. The summed E-state index contributed by atoms with van der Waals surface area (Å²) in [6.45, 7) is 6.29. The highest BCUT2D eigenvalue weighted by Gasteiger charge is 2.28. The van der Waals surface area contributed by atoms with E-state index in [2.05, 4.69) is 17.1 Å². The molecular weight excluding hydrogens is 232 g/mol. The zero-order valence-electron chi connectivity index (χ0n) is 13.0. The van der Waals surface area contributed by atoms with E-state index in [1.54, 1.807) is 0 Å². The van der Waals surface area contributed by atoms with Crippen molar-refractivity contribution < 1.29 is 0 Å². The molecule has 2 aliphatic heterocycles. The minimum Gasteiger partial charge on any atom is -0.310 e. The van der Waals surface area contributed by atoms with Crippen LogP contribution < -0.4 is 5.32 Å². The Bertz CT molecular complexity index is 229. The third kappa shape index (κ3) is 5.83. The van der Waals surface area contributed by atoms with Crippen molar-refractivity contribution in [2.75, 3.05) is 19.6 Å². The molecule has 2 aliphatic rings.